The van der Waals surface area contributed by atoms with E-state index in [1.807, 2.05) is 13.8 Å². The molecule has 1 aromatic carbocycles. The van der Waals surface area contributed by atoms with Crippen LogP contribution in [0.2, 0.25) is 0 Å². The highest BCUT2D eigenvalue weighted by molar-refractivity contribution is 7.80. The van der Waals surface area contributed by atoms with Gasteiger partial charge >= 0.3 is 0 Å². The van der Waals surface area contributed by atoms with Gasteiger partial charge in [-0.1, -0.05) is 24.4 Å². The highest BCUT2D eigenvalue weighted by atomic mass is 32.1. The first-order chi connectivity index (χ1) is 8.50. The Morgan fingerprint density at radius 3 is 2.72 bits per heavy atom. The molecule has 0 aromatic heterocycles. The molecule has 98 valence electrons. The third-order valence-electron chi connectivity index (χ3n) is 2.25. The van der Waals surface area contributed by atoms with Crippen LogP contribution in [0.15, 0.2) is 24.3 Å². The van der Waals surface area contributed by atoms with Gasteiger partial charge in [-0.15, -0.1) is 0 Å². The van der Waals surface area contributed by atoms with Gasteiger partial charge in [0.2, 0.25) is 0 Å². The van der Waals surface area contributed by atoms with Gasteiger partial charge in [-0.05, 0) is 26.0 Å². The lowest BCUT2D eigenvalue weighted by Crippen LogP contribution is -2.28. The maximum absolute atomic E-state index is 11.8. The van der Waals surface area contributed by atoms with E-state index in [0.29, 0.717) is 24.3 Å². The molecule has 0 bridgehead atoms. The second kappa shape index (κ2) is 7.08. The number of benzene rings is 1. The van der Waals surface area contributed by atoms with E-state index in [4.69, 9.17) is 22.7 Å². The number of nitrogens with two attached hydrogens (primary N) is 1. The van der Waals surface area contributed by atoms with Crippen molar-refractivity contribution in [2.24, 2.45) is 5.73 Å². The van der Waals surface area contributed by atoms with E-state index in [1.54, 1.807) is 24.3 Å². The number of nitrogens with one attached hydrogen (secondary N) is 1. The Bertz CT molecular complexity index is 433. The van der Waals surface area contributed by atoms with Gasteiger partial charge in [-0.25, -0.2) is 0 Å². The van der Waals surface area contributed by atoms with Crippen molar-refractivity contribution in [3.8, 4) is 0 Å². The third-order valence-corrected chi connectivity index (χ3v) is 2.48. The minimum Gasteiger partial charge on any atom is -0.389 e. The van der Waals surface area contributed by atoms with Gasteiger partial charge in [0.1, 0.15) is 4.99 Å². The average molecular weight is 266 g/mol. The third kappa shape index (κ3) is 4.81. The first kappa shape index (κ1) is 14.6. The van der Waals surface area contributed by atoms with E-state index in [9.17, 15) is 4.79 Å². The van der Waals surface area contributed by atoms with Gasteiger partial charge in [-0.3, -0.25) is 4.79 Å². The van der Waals surface area contributed by atoms with E-state index >= 15 is 0 Å². The summed E-state index contributed by atoms with van der Waals surface area (Å²) in [6.07, 6.45) is 0.167. The van der Waals surface area contributed by atoms with Crippen molar-refractivity contribution in [2.45, 2.75) is 20.0 Å². The van der Waals surface area contributed by atoms with Crippen LogP contribution < -0.4 is 11.1 Å². The smallest absolute Gasteiger partial charge is 0.251 e. The summed E-state index contributed by atoms with van der Waals surface area (Å²) in [5.74, 6) is -0.152. The molecule has 0 atom stereocenters. The molecule has 4 nitrogen and oxygen atoms in total. The predicted molar refractivity (Wildman–Crippen MR) is 75.8 cm³/mol. The van der Waals surface area contributed by atoms with Crippen LogP contribution in [-0.2, 0) is 4.74 Å². The zero-order valence-corrected chi connectivity index (χ0v) is 11.4. The first-order valence-corrected chi connectivity index (χ1v) is 6.21. The van der Waals surface area contributed by atoms with Crippen LogP contribution in [0.5, 0.6) is 0 Å². The van der Waals surface area contributed by atoms with E-state index in [2.05, 4.69) is 5.32 Å². The molecular weight excluding hydrogens is 248 g/mol. The minimum absolute atomic E-state index is 0.152. The number of ether oxygens (including phenoxy) is 1. The quantitative estimate of drug-likeness (QED) is 0.604. The van der Waals surface area contributed by atoms with Crippen molar-refractivity contribution in [3.63, 3.8) is 0 Å². The second-order valence-corrected chi connectivity index (χ2v) is 4.56. The number of hydrogen-bond donors (Lipinski definition) is 2. The fraction of sp³-hybridized carbons (Fsp3) is 0.385. The molecular formula is C13H18N2O2S. The van der Waals surface area contributed by atoms with Crippen LogP contribution in [0.1, 0.15) is 29.8 Å². The summed E-state index contributed by atoms with van der Waals surface area (Å²) < 4.78 is 5.33. The topological polar surface area (TPSA) is 64.3 Å². The van der Waals surface area contributed by atoms with Crippen molar-refractivity contribution in [3.05, 3.63) is 35.4 Å². The lowest BCUT2D eigenvalue weighted by Gasteiger charge is -2.09. The molecule has 0 unspecified atom stereocenters. The summed E-state index contributed by atoms with van der Waals surface area (Å²) >= 11 is 4.87. The minimum atomic E-state index is -0.152. The molecule has 0 radical (unpaired) electrons. The molecule has 1 rings (SSSR count). The number of carbonyl (C=O) groups is 1. The summed E-state index contributed by atoms with van der Waals surface area (Å²) in [5.41, 5.74) is 6.75. The molecule has 1 amide bonds. The van der Waals surface area contributed by atoms with E-state index in [1.165, 1.54) is 0 Å². The van der Waals surface area contributed by atoms with Gasteiger partial charge in [-0.2, -0.15) is 0 Å². The van der Waals surface area contributed by atoms with Crippen LogP contribution in [0, 0.1) is 0 Å². The first-order valence-electron chi connectivity index (χ1n) is 5.80. The maximum atomic E-state index is 11.8. The van der Waals surface area contributed by atoms with Gasteiger partial charge < -0.3 is 15.8 Å². The summed E-state index contributed by atoms with van der Waals surface area (Å²) in [4.78, 5) is 12.1. The Balaban J connectivity index is 2.51. The van der Waals surface area contributed by atoms with E-state index in [-0.39, 0.29) is 17.0 Å². The number of amides is 1. The Morgan fingerprint density at radius 2 is 2.11 bits per heavy atom. The highest BCUT2D eigenvalue weighted by Gasteiger charge is 2.06. The van der Waals surface area contributed by atoms with Crippen molar-refractivity contribution >= 4 is 23.1 Å². The number of hydrogen-bond acceptors (Lipinski definition) is 3. The van der Waals surface area contributed by atoms with Gasteiger partial charge in [0.15, 0.2) is 0 Å². The summed E-state index contributed by atoms with van der Waals surface area (Å²) in [5, 5.41) is 2.77. The van der Waals surface area contributed by atoms with Crippen LogP contribution in [-0.4, -0.2) is 30.2 Å². The molecule has 0 aliphatic carbocycles. The van der Waals surface area contributed by atoms with Gasteiger partial charge in [0.25, 0.3) is 5.91 Å². The van der Waals surface area contributed by atoms with Crippen molar-refractivity contribution < 1.29 is 9.53 Å². The molecule has 1 aromatic rings. The van der Waals surface area contributed by atoms with Crippen molar-refractivity contribution in [1.82, 2.24) is 5.32 Å². The lowest BCUT2D eigenvalue weighted by atomic mass is 10.1. The maximum Gasteiger partial charge on any atom is 0.251 e. The molecule has 0 spiro atoms. The molecule has 0 heterocycles. The molecule has 3 N–H and O–H groups in total. The highest BCUT2D eigenvalue weighted by Crippen LogP contribution is 2.05. The summed E-state index contributed by atoms with van der Waals surface area (Å²) in [6, 6.07) is 6.94. The molecule has 18 heavy (non-hydrogen) atoms. The molecule has 0 aliphatic rings. The fourth-order valence-electron chi connectivity index (χ4n) is 1.37. The normalized spacial score (nSPS) is 10.4. The van der Waals surface area contributed by atoms with Gasteiger partial charge in [0, 0.05) is 17.7 Å². The second-order valence-electron chi connectivity index (χ2n) is 4.12. The van der Waals surface area contributed by atoms with Crippen LogP contribution in [0.25, 0.3) is 0 Å². The Labute approximate surface area is 113 Å². The largest absolute Gasteiger partial charge is 0.389 e. The fourth-order valence-corrected chi connectivity index (χ4v) is 1.50. The molecule has 0 aliphatic heterocycles. The van der Waals surface area contributed by atoms with Crippen LogP contribution in [0.4, 0.5) is 0 Å². The van der Waals surface area contributed by atoms with Crippen LogP contribution >= 0.6 is 12.2 Å². The Kier molecular flexibility index (Phi) is 5.74. The molecule has 5 heteroatoms. The summed E-state index contributed by atoms with van der Waals surface area (Å²) in [6.45, 7) is 4.88. The van der Waals surface area contributed by atoms with Crippen molar-refractivity contribution in [2.75, 3.05) is 13.2 Å². The molecule has 0 saturated heterocycles. The predicted octanol–water partition coefficient (Wildman–Crippen LogP) is 1.48. The summed E-state index contributed by atoms with van der Waals surface area (Å²) in [7, 11) is 0. The number of rotatable bonds is 6. The lowest BCUT2D eigenvalue weighted by molar-refractivity contribution is 0.0746. The SMILES string of the molecule is CC(C)OCCNC(=O)c1cccc(C(N)=S)c1. The number of carbonyl (C=O) groups excluding carboxylic acids is 1. The van der Waals surface area contributed by atoms with Crippen LogP contribution in [0.3, 0.4) is 0 Å². The van der Waals surface area contributed by atoms with Crippen molar-refractivity contribution in [1.29, 1.82) is 0 Å². The average Bonchev–Trinajstić information content (AvgIpc) is 2.34. The van der Waals surface area contributed by atoms with Gasteiger partial charge in [0.05, 0.1) is 12.7 Å². The monoisotopic (exact) mass is 266 g/mol. The molecule has 0 fully saturated rings. The zero-order chi connectivity index (χ0) is 13.5. The number of thiocarbonyl (C=S) groups is 1. The Hall–Kier alpha value is -1.46. The Morgan fingerprint density at radius 1 is 1.44 bits per heavy atom. The van der Waals surface area contributed by atoms with E-state index < -0.39 is 0 Å². The standard InChI is InChI=1S/C13H18N2O2S/c1-9(2)17-7-6-15-13(16)11-5-3-4-10(8-11)12(14)18/h3-5,8-9H,6-7H2,1-2H3,(H2,14,18)(H,15,16). The van der Waals surface area contributed by atoms with E-state index in [0.717, 1.165) is 0 Å². The molecule has 0 saturated carbocycles. The zero-order valence-electron chi connectivity index (χ0n) is 10.6.